The van der Waals surface area contributed by atoms with Crippen LogP contribution < -0.4 is 11.1 Å². The van der Waals surface area contributed by atoms with E-state index in [4.69, 9.17) is 5.73 Å². The molecule has 0 fully saturated rings. The number of hydrogen-bond acceptors (Lipinski definition) is 4. The highest BCUT2D eigenvalue weighted by molar-refractivity contribution is 5.87. The van der Waals surface area contributed by atoms with Crippen LogP contribution in [0.15, 0.2) is 36.4 Å². The molecule has 2 amide bonds. The Morgan fingerprint density at radius 3 is 2.52 bits per heavy atom. The van der Waals surface area contributed by atoms with E-state index in [2.05, 4.69) is 10.1 Å². The number of nitrogens with one attached hydrogen (secondary N) is 1. The molecule has 6 heteroatoms. The monoisotopic (exact) mass is 290 g/mol. The molecule has 1 aromatic rings. The molecule has 0 aliphatic heterocycles. The first kappa shape index (κ1) is 16.4. The first-order valence-corrected chi connectivity index (χ1v) is 6.42. The van der Waals surface area contributed by atoms with E-state index in [-0.39, 0.29) is 6.42 Å². The SMILES string of the molecule is CC(=O)OCC(=O)N[C@H](C/C=C/c1ccccc1)C(N)=O. The van der Waals surface area contributed by atoms with Crippen molar-refractivity contribution in [2.75, 3.05) is 6.61 Å². The van der Waals surface area contributed by atoms with Crippen LogP contribution in [0.4, 0.5) is 0 Å². The normalized spacial score (nSPS) is 11.9. The van der Waals surface area contributed by atoms with Crippen LogP contribution in [-0.2, 0) is 19.1 Å². The lowest BCUT2D eigenvalue weighted by Crippen LogP contribution is -2.45. The van der Waals surface area contributed by atoms with Crippen LogP contribution in [0, 0.1) is 0 Å². The average molecular weight is 290 g/mol. The van der Waals surface area contributed by atoms with E-state index in [0.717, 1.165) is 5.56 Å². The number of benzene rings is 1. The smallest absolute Gasteiger partial charge is 0.303 e. The van der Waals surface area contributed by atoms with Crippen molar-refractivity contribution in [2.45, 2.75) is 19.4 Å². The van der Waals surface area contributed by atoms with Gasteiger partial charge in [-0.3, -0.25) is 14.4 Å². The van der Waals surface area contributed by atoms with Crippen molar-refractivity contribution in [2.24, 2.45) is 5.73 Å². The molecule has 1 rings (SSSR count). The molecule has 0 saturated carbocycles. The highest BCUT2D eigenvalue weighted by Crippen LogP contribution is 2.03. The summed E-state index contributed by atoms with van der Waals surface area (Å²) in [6, 6.07) is 8.68. The maximum Gasteiger partial charge on any atom is 0.303 e. The van der Waals surface area contributed by atoms with Gasteiger partial charge in [-0.05, 0) is 12.0 Å². The van der Waals surface area contributed by atoms with E-state index in [9.17, 15) is 14.4 Å². The molecule has 0 aliphatic rings. The van der Waals surface area contributed by atoms with E-state index < -0.39 is 30.4 Å². The number of esters is 1. The van der Waals surface area contributed by atoms with Crippen molar-refractivity contribution in [3.05, 3.63) is 42.0 Å². The minimum atomic E-state index is -0.840. The van der Waals surface area contributed by atoms with Crippen LogP contribution in [-0.4, -0.2) is 30.4 Å². The summed E-state index contributed by atoms with van der Waals surface area (Å²) in [5.41, 5.74) is 6.20. The Hall–Kier alpha value is -2.63. The molecule has 112 valence electrons. The summed E-state index contributed by atoms with van der Waals surface area (Å²) < 4.78 is 4.54. The Bertz CT molecular complexity index is 526. The van der Waals surface area contributed by atoms with Gasteiger partial charge in [0.2, 0.25) is 5.91 Å². The van der Waals surface area contributed by atoms with Crippen molar-refractivity contribution in [3.63, 3.8) is 0 Å². The summed E-state index contributed by atoms with van der Waals surface area (Å²) in [5.74, 6) is -1.78. The van der Waals surface area contributed by atoms with Gasteiger partial charge in [0.1, 0.15) is 6.04 Å². The number of nitrogens with two attached hydrogens (primary N) is 1. The van der Waals surface area contributed by atoms with Crippen molar-refractivity contribution in [1.82, 2.24) is 5.32 Å². The summed E-state index contributed by atoms with van der Waals surface area (Å²) in [4.78, 5) is 33.3. The number of carbonyl (C=O) groups excluding carboxylic acids is 3. The third-order valence-electron chi connectivity index (χ3n) is 2.57. The molecule has 0 aromatic heterocycles. The summed E-state index contributed by atoms with van der Waals surface area (Å²) in [7, 11) is 0. The van der Waals surface area contributed by atoms with Gasteiger partial charge < -0.3 is 15.8 Å². The maximum atomic E-state index is 11.5. The Balaban J connectivity index is 2.50. The van der Waals surface area contributed by atoms with Gasteiger partial charge in [0.15, 0.2) is 6.61 Å². The van der Waals surface area contributed by atoms with Crippen LogP contribution in [0.2, 0.25) is 0 Å². The standard InChI is InChI=1S/C15H18N2O4/c1-11(18)21-10-14(19)17-13(15(16)20)9-5-8-12-6-3-2-4-7-12/h2-8,13H,9-10H2,1H3,(H2,16,20)(H,17,19)/b8-5+/t13-/m1/s1. The molecule has 0 unspecified atom stereocenters. The summed E-state index contributed by atoms with van der Waals surface area (Å²) >= 11 is 0. The fourth-order valence-electron chi connectivity index (χ4n) is 1.55. The van der Waals surface area contributed by atoms with E-state index in [0.29, 0.717) is 0 Å². The van der Waals surface area contributed by atoms with E-state index in [1.807, 2.05) is 36.4 Å². The number of rotatable bonds is 7. The van der Waals surface area contributed by atoms with Gasteiger partial charge in [-0.15, -0.1) is 0 Å². The topological polar surface area (TPSA) is 98.5 Å². The lowest BCUT2D eigenvalue weighted by atomic mass is 10.1. The Morgan fingerprint density at radius 2 is 1.95 bits per heavy atom. The average Bonchev–Trinajstić information content (AvgIpc) is 2.45. The minimum absolute atomic E-state index is 0.260. The molecule has 1 atom stereocenters. The first-order chi connectivity index (χ1) is 9.99. The van der Waals surface area contributed by atoms with Gasteiger partial charge in [-0.2, -0.15) is 0 Å². The Morgan fingerprint density at radius 1 is 1.29 bits per heavy atom. The number of ether oxygens (including phenoxy) is 1. The molecular formula is C15H18N2O4. The molecular weight excluding hydrogens is 272 g/mol. The van der Waals surface area contributed by atoms with E-state index in [1.165, 1.54) is 6.92 Å². The quantitative estimate of drug-likeness (QED) is 0.719. The Kier molecular flexibility index (Phi) is 6.67. The van der Waals surface area contributed by atoms with Crippen LogP contribution >= 0.6 is 0 Å². The number of primary amides is 1. The zero-order valence-electron chi connectivity index (χ0n) is 11.7. The van der Waals surface area contributed by atoms with E-state index >= 15 is 0 Å². The lowest BCUT2D eigenvalue weighted by molar-refractivity contribution is -0.146. The third kappa shape index (κ3) is 6.91. The molecule has 0 heterocycles. The van der Waals surface area contributed by atoms with Gasteiger partial charge in [-0.25, -0.2) is 0 Å². The number of hydrogen-bond donors (Lipinski definition) is 2. The molecule has 0 aliphatic carbocycles. The molecule has 0 saturated heterocycles. The predicted molar refractivity (Wildman–Crippen MR) is 77.9 cm³/mol. The second-order valence-electron chi connectivity index (χ2n) is 4.35. The number of amides is 2. The van der Waals surface area contributed by atoms with Crippen molar-refractivity contribution in [3.8, 4) is 0 Å². The second-order valence-corrected chi connectivity index (χ2v) is 4.35. The minimum Gasteiger partial charge on any atom is -0.456 e. The summed E-state index contributed by atoms with van der Waals surface area (Å²) in [6.45, 7) is 0.767. The highest BCUT2D eigenvalue weighted by atomic mass is 16.5. The predicted octanol–water partition coefficient (Wildman–Crippen LogP) is 0.623. The van der Waals surface area contributed by atoms with Gasteiger partial charge in [0, 0.05) is 6.92 Å². The Labute approximate surface area is 123 Å². The molecule has 3 N–H and O–H groups in total. The molecule has 0 radical (unpaired) electrons. The molecule has 1 aromatic carbocycles. The zero-order chi connectivity index (χ0) is 15.7. The van der Waals surface area contributed by atoms with Crippen LogP contribution in [0.1, 0.15) is 18.9 Å². The zero-order valence-corrected chi connectivity index (χ0v) is 11.7. The largest absolute Gasteiger partial charge is 0.456 e. The second kappa shape index (κ2) is 8.52. The first-order valence-electron chi connectivity index (χ1n) is 6.42. The fourth-order valence-corrected chi connectivity index (χ4v) is 1.55. The van der Waals surface area contributed by atoms with Crippen molar-refractivity contribution >= 4 is 23.9 Å². The van der Waals surface area contributed by atoms with Gasteiger partial charge in [0.25, 0.3) is 5.91 Å². The summed E-state index contributed by atoms with van der Waals surface area (Å²) in [5, 5.41) is 2.42. The molecule has 0 bridgehead atoms. The number of carbonyl (C=O) groups is 3. The van der Waals surface area contributed by atoms with Crippen molar-refractivity contribution < 1.29 is 19.1 Å². The highest BCUT2D eigenvalue weighted by Gasteiger charge is 2.16. The molecule has 21 heavy (non-hydrogen) atoms. The third-order valence-corrected chi connectivity index (χ3v) is 2.57. The van der Waals surface area contributed by atoms with Gasteiger partial charge in [-0.1, -0.05) is 42.5 Å². The molecule has 0 spiro atoms. The van der Waals surface area contributed by atoms with Crippen LogP contribution in [0.3, 0.4) is 0 Å². The lowest BCUT2D eigenvalue weighted by Gasteiger charge is -2.13. The maximum absolute atomic E-state index is 11.5. The van der Waals surface area contributed by atoms with Gasteiger partial charge >= 0.3 is 5.97 Å². The van der Waals surface area contributed by atoms with Crippen molar-refractivity contribution in [1.29, 1.82) is 0 Å². The van der Waals surface area contributed by atoms with Crippen LogP contribution in [0.25, 0.3) is 6.08 Å². The van der Waals surface area contributed by atoms with Crippen LogP contribution in [0.5, 0.6) is 0 Å². The molecule has 6 nitrogen and oxygen atoms in total. The van der Waals surface area contributed by atoms with E-state index in [1.54, 1.807) is 6.08 Å². The van der Waals surface area contributed by atoms with Gasteiger partial charge in [0.05, 0.1) is 0 Å². The fraction of sp³-hybridized carbons (Fsp3) is 0.267. The summed E-state index contributed by atoms with van der Waals surface area (Å²) in [6.07, 6.45) is 3.83.